The largest absolute Gasteiger partial charge is 0.481 e. The summed E-state index contributed by atoms with van der Waals surface area (Å²) >= 11 is 1.70. The van der Waals surface area contributed by atoms with Crippen LogP contribution >= 0.6 is 11.3 Å². The smallest absolute Gasteiger partial charge is 0.307 e. The van der Waals surface area contributed by atoms with Crippen LogP contribution in [-0.4, -0.2) is 11.1 Å². The van der Waals surface area contributed by atoms with E-state index >= 15 is 0 Å². The molecule has 2 aromatic rings. The molecular formula is C15H14O2S. The minimum atomic E-state index is -0.799. The number of rotatable bonds is 5. The van der Waals surface area contributed by atoms with Crippen LogP contribution < -0.4 is 0 Å². The zero-order valence-electron chi connectivity index (χ0n) is 9.87. The van der Waals surface area contributed by atoms with Gasteiger partial charge in [-0.15, -0.1) is 11.3 Å². The molecule has 0 saturated carbocycles. The molecule has 0 aliphatic rings. The van der Waals surface area contributed by atoms with Crippen molar-refractivity contribution >= 4 is 23.4 Å². The van der Waals surface area contributed by atoms with E-state index in [9.17, 15) is 4.79 Å². The molecule has 0 fully saturated rings. The number of hydrogen-bond acceptors (Lipinski definition) is 2. The summed E-state index contributed by atoms with van der Waals surface area (Å²) in [4.78, 5) is 12.8. The van der Waals surface area contributed by atoms with Crippen molar-refractivity contribution in [1.29, 1.82) is 0 Å². The lowest BCUT2D eigenvalue weighted by Gasteiger charge is -1.96. The fraction of sp³-hybridized carbons (Fsp3) is 0.133. The predicted octanol–water partition coefficient (Wildman–Crippen LogP) is 3.83. The molecule has 0 radical (unpaired) electrons. The van der Waals surface area contributed by atoms with E-state index < -0.39 is 5.97 Å². The monoisotopic (exact) mass is 258 g/mol. The van der Waals surface area contributed by atoms with Gasteiger partial charge in [0.1, 0.15) is 0 Å². The second-order valence-electron chi connectivity index (χ2n) is 3.97. The van der Waals surface area contributed by atoms with Crippen molar-refractivity contribution in [3.8, 4) is 0 Å². The van der Waals surface area contributed by atoms with Gasteiger partial charge < -0.3 is 5.11 Å². The molecule has 92 valence electrons. The third-order valence-electron chi connectivity index (χ3n) is 2.48. The molecule has 0 unspecified atom stereocenters. The molecule has 0 saturated heterocycles. The van der Waals surface area contributed by atoms with Gasteiger partial charge in [0.15, 0.2) is 0 Å². The summed E-state index contributed by atoms with van der Waals surface area (Å²) in [6.45, 7) is 0. The third-order valence-corrected chi connectivity index (χ3v) is 3.53. The van der Waals surface area contributed by atoms with Crippen LogP contribution in [0.4, 0.5) is 0 Å². The molecule has 1 heterocycles. The van der Waals surface area contributed by atoms with Gasteiger partial charge in [-0.05, 0) is 23.8 Å². The van der Waals surface area contributed by atoms with Crippen molar-refractivity contribution in [3.63, 3.8) is 0 Å². The highest BCUT2D eigenvalue weighted by atomic mass is 32.1. The van der Waals surface area contributed by atoms with Crippen LogP contribution in [0.1, 0.15) is 21.7 Å². The van der Waals surface area contributed by atoms with Crippen LogP contribution in [-0.2, 0) is 11.2 Å². The summed E-state index contributed by atoms with van der Waals surface area (Å²) < 4.78 is 0. The number of aliphatic carboxylic acids is 1. The van der Waals surface area contributed by atoms with E-state index in [0.717, 1.165) is 11.3 Å². The van der Waals surface area contributed by atoms with E-state index in [1.54, 1.807) is 17.4 Å². The fourth-order valence-corrected chi connectivity index (χ4v) is 2.63. The average molecular weight is 258 g/mol. The van der Waals surface area contributed by atoms with Gasteiger partial charge in [0.2, 0.25) is 0 Å². The molecule has 18 heavy (non-hydrogen) atoms. The van der Waals surface area contributed by atoms with Crippen LogP contribution in [0.5, 0.6) is 0 Å². The van der Waals surface area contributed by atoms with Crippen molar-refractivity contribution in [2.24, 2.45) is 0 Å². The van der Waals surface area contributed by atoms with Gasteiger partial charge in [-0.1, -0.05) is 36.4 Å². The topological polar surface area (TPSA) is 37.3 Å². The highest BCUT2D eigenvalue weighted by Gasteiger charge is 1.99. The molecule has 1 aromatic heterocycles. The Balaban J connectivity index is 1.98. The fourth-order valence-electron chi connectivity index (χ4n) is 1.65. The van der Waals surface area contributed by atoms with Crippen LogP contribution in [0.2, 0.25) is 0 Å². The normalized spacial score (nSPS) is 10.9. The lowest BCUT2D eigenvalue weighted by Crippen LogP contribution is -1.89. The van der Waals surface area contributed by atoms with Gasteiger partial charge in [-0.3, -0.25) is 4.79 Å². The van der Waals surface area contributed by atoms with E-state index in [1.165, 1.54) is 10.4 Å². The van der Waals surface area contributed by atoms with Gasteiger partial charge in [0.25, 0.3) is 0 Å². The van der Waals surface area contributed by atoms with Gasteiger partial charge in [-0.25, -0.2) is 0 Å². The molecule has 1 aromatic carbocycles. The van der Waals surface area contributed by atoms with Crippen molar-refractivity contribution in [2.45, 2.75) is 12.8 Å². The Morgan fingerprint density at radius 3 is 2.67 bits per heavy atom. The lowest BCUT2D eigenvalue weighted by atomic mass is 10.1. The van der Waals surface area contributed by atoms with Gasteiger partial charge >= 0.3 is 5.97 Å². The predicted molar refractivity (Wildman–Crippen MR) is 74.9 cm³/mol. The third kappa shape index (κ3) is 3.86. The first-order valence-electron chi connectivity index (χ1n) is 5.75. The van der Waals surface area contributed by atoms with Crippen molar-refractivity contribution in [3.05, 3.63) is 63.9 Å². The van der Waals surface area contributed by atoms with Gasteiger partial charge in [0.05, 0.1) is 6.42 Å². The number of hydrogen-bond donors (Lipinski definition) is 1. The number of carboxylic acids is 1. The Morgan fingerprint density at radius 1 is 1.17 bits per heavy atom. The van der Waals surface area contributed by atoms with E-state index in [-0.39, 0.29) is 6.42 Å². The standard InChI is InChI=1S/C15H14O2S/c16-15(17)8-4-7-13-9-10-14(18-13)11-12-5-2-1-3-6-12/h1-7,9-10H,8,11H2,(H,16,17). The van der Waals surface area contributed by atoms with Gasteiger partial charge in [0, 0.05) is 16.2 Å². The summed E-state index contributed by atoms with van der Waals surface area (Å²) in [5.41, 5.74) is 1.29. The maximum Gasteiger partial charge on any atom is 0.307 e. The summed E-state index contributed by atoms with van der Waals surface area (Å²) in [5, 5.41) is 8.54. The molecule has 0 aliphatic heterocycles. The highest BCUT2D eigenvalue weighted by molar-refractivity contribution is 7.12. The number of carboxylic acid groups (broad SMARTS) is 1. The van der Waals surface area contributed by atoms with E-state index in [4.69, 9.17) is 5.11 Å². The quantitative estimate of drug-likeness (QED) is 0.885. The Kier molecular flexibility index (Phi) is 4.31. The minimum absolute atomic E-state index is 0.0753. The molecule has 1 N–H and O–H groups in total. The Labute approximate surface area is 110 Å². The van der Waals surface area contributed by atoms with Crippen molar-refractivity contribution in [1.82, 2.24) is 0 Å². The van der Waals surface area contributed by atoms with Crippen LogP contribution in [0, 0.1) is 0 Å². The Bertz CT molecular complexity index is 541. The molecule has 0 spiro atoms. The Hall–Kier alpha value is -1.87. The van der Waals surface area contributed by atoms with Crippen molar-refractivity contribution < 1.29 is 9.90 Å². The van der Waals surface area contributed by atoms with Crippen LogP contribution in [0.15, 0.2) is 48.5 Å². The first kappa shape index (κ1) is 12.6. The number of thiophene rings is 1. The first-order valence-corrected chi connectivity index (χ1v) is 6.56. The average Bonchev–Trinajstić information content (AvgIpc) is 2.78. The molecule has 0 aliphatic carbocycles. The molecule has 3 heteroatoms. The summed E-state index contributed by atoms with van der Waals surface area (Å²) in [6.07, 6.45) is 4.55. The van der Waals surface area contributed by atoms with E-state index in [1.807, 2.05) is 30.3 Å². The second-order valence-corrected chi connectivity index (χ2v) is 5.17. The zero-order valence-corrected chi connectivity index (χ0v) is 10.7. The molecule has 0 amide bonds. The van der Waals surface area contributed by atoms with Gasteiger partial charge in [-0.2, -0.15) is 0 Å². The maximum atomic E-state index is 10.4. The minimum Gasteiger partial charge on any atom is -0.481 e. The highest BCUT2D eigenvalue weighted by Crippen LogP contribution is 2.21. The Morgan fingerprint density at radius 2 is 1.94 bits per heavy atom. The SMILES string of the molecule is O=C(O)CC=Cc1ccc(Cc2ccccc2)s1. The molecule has 0 bridgehead atoms. The van der Waals surface area contributed by atoms with Crippen LogP contribution in [0.3, 0.4) is 0 Å². The van der Waals surface area contributed by atoms with E-state index in [2.05, 4.69) is 18.2 Å². The molecular weight excluding hydrogens is 244 g/mol. The molecule has 0 atom stereocenters. The summed E-state index contributed by atoms with van der Waals surface area (Å²) in [5.74, 6) is -0.799. The van der Waals surface area contributed by atoms with E-state index in [0.29, 0.717) is 0 Å². The van der Waals surface area contributed by atoms with Crippen molar-refractivity contribution in [2.75, 3.05) is 0 Å². The molecule has 2 nitrogen and oxygen atoms in total. The summed E-state index contributed by atoms with van der Waals surface area (Å²) in [7, 11) is 0. The zero-order chi connectivity index (χ0) is 12.8. The molecule has 2 rings (SSSR count). The first-order chi connectivity index (χ1) is 8.74. The lowest BCUT2D eigenvalue weighted by molar-refractivity contribution is -0.135. The number of benzene rings is 1. The van der Waals surface area contributed by atoms with Crippen LogP contribution in [0.25, 0.3) is 6.08 Å². The maximum absolute atomic E-state index is 10.4. The second kappa shape index (κ2) is 6.17. The summed E-state index contributed by atoms with van der Waals surface area (Å²) in [6, 6.07) is 14.4. The number of carbonyl (C=O) groups is 1.